The van der Waals surface area contributed by atoms with Crippen LogP contribution >= 0.6 is 0 Å². The van der Waals surface area contributed by atoms with Gasteiger partial charge in [0.1, 0.15) is 24.8 Å². The van der Waals surface area contributed by atoms with Crippen LogP contribution in [0.1, 0.15) is 16.1 Å². The van der Waals surface area contributed by atoms with E-state index in [4.69, 9.17) is 9.15 Å². The van der Waals surface area contributed by atoms with Gasteiger partial charge < -0.3 is 9.15 Å². The van der Waals surface area contributed by atoms with E-state index in [0.29, 0.717) is 5.76 Å². The first kappa shape index (κ1) is 11.5. The predicted octanol–water partition coefficient (Wildman–Crippen LogP) is 2.82. The fourth-order valence-electron chi connectivity index (χ4n) is 1.40. The molecule has 0 N–H and O–H groups in total. The molecule has 0 saturated carbocycles. The van der Waals surface area contributed by atoms with Crippen molar-refractivity contribution >= 4 is 5.78 Å². The van der Waals surface area contributed by atoms with Gasteiger partial charge >= 0.3 is 0 Å². The van der Waals surface area contributed by atoms with Crippen LogP contribution < -0.4 is 0 Å². The summed E-state index contributed by atoms with van der Waals surface area (Å²) in [6.45, 7) is 0.0365. The Hall–Kier alpha value is -1.94. The average molecular weight is 234 g/mol. The number of rotatable bonds is 5. The van der Waals surface area contributed by atoms with Crippen LogP contribution in [0, 0.1) is 5.82 Å². The normalized spacial score (nSPS) is 10.4. The Morgan fingerprint density at radius 3 is 2.76 bits per heavy atom. The van der Waals surface area contributed by atoms with Gasteiger partial charge in [0.2, 0.25) is 0 Å². The molecule has 2 aromatic rings. The summed E-state index contributed by atoms with van der Waals surface area (Å²) < 4.78 is 23.4. The highest BCUT2D eigenvalue weighted by molar-refractivity contribution is 5.97. The Morgan fingerprint density at radius 1 is 1.24 bits per heavy atom. The van der Waals surface area contributed by atoms with E-state index in [9.17, 15) is 9.18 Å². The van der Waals surface area contributed by atoms with Gasteiger partial charge in [0.25, 0.3) is 0 Å². The molecule has 0 radical (unpaired) electrons. The molecule has 1 heterocycles. The molecule has 1 aromatic heterocycles. The zero-order valence-electron chi connectivity index (χ0n) is 9.06. The molecule has 4 heteroatoms. The van der Waals surface area contributed by atoms with Crippen LogP contribution in [0.3, 0.4) is 0 Å². The van der Waals surface area contributed by atoms with E-state index < -0.39 is 5.82 Å². The van der Waals surface area contributed by atoms with Crippen LogP contribution in [0.25, 0.3) is 0 Å². The highest BCUT2D eigenvalue weighted by Crippen LogP contribution is 2.08. The van der Waals surface area contributed by atoms with Gasteiger partial charge in [0, 0.05) is 0 Å². The summed E-state index contributed by atoms with van der Waals surface area (Å²) in [6.07, 6.45) is 1.53. The van der Waals surface area contributed by atoms with Gasteiger partial charge in [-0.15, -0.1) is 0 Å². The SMILES string of the molecule is O=C(COCc1ccco1)c1ccccc1F. The van der Waals surface area contributed by atoms with Gasteiger partial charge in [-0.2, -0.15) is 0 Å². The Kier molecular flexibility index (Phi) is 3.67. The van der Waals surface area contributed by atoms with Crippen molar-refractivity contribution in [1.82, 2.24) is 0 Å². The standard InChI is InChI=1S/C13H11FO3/c14-12-6-2-1-5-11(12)13(15)9-16-8-10-4-3-7-17-10/h1-7H,8-9H2. The van der Waals surface area contributed by atoms with Crippen LogP contribution in [-0.4, -0.2) is 12.4 Å². The molecule has 2 rings (SSSR count). The average Bonchev–Trinajstić information content (AvgIpc) is 2.82. The van der Waals surface area contributed by atoms with Crippen molar-refractivity contribution in [3.63, 3.8) is 0 Å². The fourth-order valence-corrected chi connectivity index (χ4v) is 1.40. The number of Topliss-reactive ketones (excluding diaryl/α,β-unsaturated/α-hetero) is 1. The molecule has 3 nitrogen and oxygen atoms in total. The molecule has 0 amide bonds. The molecule has 0 spiro atoms. The van der Waals surface area contributed by atoms with Crippen LogP contribution in [0.2, 0.25) is 0 Å². The number of carbonyl (C=O) groups excluding carboxylic acids is 1. The molecule has 1 aromatic carbocycles. The van der Waals surface area contributed by atoms with Gasteiger partial charge in [0.15, 0.2) is 5.78 Å². The maximum atomic E-state index is 13.2. The zero-order valence-corrected chi connectivity index (χ0v) is 9.06. The minimum Gasteiger partial charge on any atom is -0.467 e. The van der Waals surface area contributed by atoms with E-state index in [1.807, 2.05) is 0 Å². The molecular formula is C13H11FO3. The molecule has 0 bridgehead atoms. The minimum absolute atomic E-state index is 0.0481. The lowest BCUT2D eigenvalue weighted by atomic mass is 10.1. The van der Waals surface area contributed by atoms with Gasteiger partial charge in [-0.05, 0) is 24.3 Å². The molecular weight excluding hydrogens is 223 g/mol. The number of carbonyl (C=O) groups is 1. The maximum Gasteiger partial charge on any atom is 0.191 e. The molecule has 88 valence electrons. The van der Waals surface area contributed by atoms with Gasteiger partial charge in [-0.3, -0.25) is 4.79 Å². The number of hydrogen-bond donors (Lipinski definition) is 0. The molecule has 0 aliphatic rings. The first-order chi connectivity index (χ1) is 8.27. The van der Waals surface area contributed by atoms with Gasteiger partial charge in [-0.1, -0.05) is 12.1 Å². The number of halogens is 1. The number of ketones is 1. The highest BCUT2D eigenvalue weighted by atomic mass is 19.1. The lowest BCUT2D eigenvalue weighted by Crippen LogP contribution is -2.10. The Morgan fingerprint density at radius 2 is 2.06 bits per heavy atom. The smallest absolute Gasteiger partial charge is 0.191 e. The molecule has 17 heavy (non-hydrogen) atoms. The van der Waals surface area contributed by atoms with Crippen LogP contribution in [0.5, 0.6) is 0 Å². The summed E-state index contributed by atoms with van der Waals surface area (Å²) in [5.41, 5.74) is 0.0481. The molecule has 0 saturated heterocycles. The number of furan rings is 1. The summed E-state index contributed by atoms with van der Waals surface area (Å²) in [6, 6.07) is 9.32. The van der Waals surface area contributed by atoms with Crippen molar-refractivity contribution < 1.29 is 18.3 Å². The maximum absolute atomic E-state index is 13.2. The van der Waals surface area contributed by atoms with E-state index in [2.05, 4.69) is 0 Å². The van der Waals surface area contributed by atoms with Crippen molar-refractivity contribution in [3.05, 3.63) is 59.8 Å². The van der Waals surface area contributed by atoms with Crippen LogP contribution in [0.4, 0.5) is 4.39 Å². The summed E-state index contributed by atoms with van der Waals surface area (Å²) in [5, 5.41) is 0. The minimum atomic E-state index is -0.529. The van der Waals surface area contributed by atoms with Gasteiger partial charge in [-0.25, -0.2) is 4.39 Å². The number of ether oxygens (including phenoxy) is 1. The lowest BCUT2D eigenvalue weighted by Gasteiger charge is -2.03. The van der Waals surface area contributed by atoms with Crippen molar-refractivity contribution in [2.45, 2.75) is 6.61 Å². The second-order valence-electron chi connectivity index (χ2n) is 3.48. The number of benzene rings is 1. The Labute approximate surface area is 97.8 Å². The Balaban J connectivity index is 1.88. The van der Waals surface area contributed by atoms with E-state index in [1.165, 1.54) is 24.5 Å². The Bertz CT molecular complexity index is 491. The van der Waals surface area contributed by atoms with E-state index in [0.717, 1.165) is 0 Å². The topological polar surface area (TPSA) is 39.4 Å². The highest BCUT2D eigenvalue weighted by Gasteiger charge is 2.10. The third-order valence-corrected chi connectivity index (χ3v) is 2.23. The summed E-state index contributed by atoms with van der Waals surface area (Å²) in [4.78, 5) is 11.6. The second kappa shape index (κ2) is 5.41. The molecule has 0 atom stereocenters. The quantitative estimate of drug-likeness (QED) is 0.747. The van der Waals surface area contributed by atoms with Crippen molar-refractivity contribution in [2.24, 2.45) is 0 Å². The summed E-state index contributed by atoms with van der Waals surface area (Å²) in [7, 11) is 0. The molecule has 0 fully saturated rings. The zero-order chi connectivity index (χ0) is 12.1. The van der Waals surface area contributed by atoms with E-state index in [-0.39, 0.29) is 24.6 Å². The van der Waals surface area contributed by atoms with Crippen LogP contribution in [0.15, 0.2) is 47.1 Å². The monoisotopic (exact) mass is 234 g/mol. The van der Waals surface area contributed by atoms with E-state index in [1.54, 1.807) is 18.2 Å². The first-order valence-electron chi connectivity index (χ1n) is 5.15. The lowest BCUT2D eigenvalue weighted by molar-refractivity contribution is 0.0687. The van der Waals surface area contributed by atoms with Crippen molar-refractivity contribution in [3.8, 4) is 0 Å². The number of hydrogen-bond acceptors (Lipinski definition) is 3. The van der Waals surface area contributed by atoms with Gasteiger partial charge in [0.05, 0.1) is 11.8 Å². The summed E-state index contributed by atoms with van der Waals surface area (Å²) >= 11 is 0. The predicted molar refractivity (Wildman–Crippen MR) is 59.1 cm³/mol. The fraction of sp³-hybridized carbons (Fsp3) is 0.154. The first-order valence-corrected chi connectivity index (χ1v) is 5.15. The summed E-state index contributed by atoms with van der Waals surface area (Å²) in [5.74, 6) is -0.278. The molecule has 0 aliphatic carbocycles. The molecule has 0 unspecified atom stereocenters. The second-order valence-corrected chi connectivity index (χ2v) is 3.48. The van der Waals surface area contributed by atoms with Crippen molar-refractivity contribution in [2.75, 3.05) is 6.61 Å². The largest absolute Gasteiger partial charge is 0.467 e. The third kappa shape index (κ3) is 3.01. The van der Waals surface area contributed by atoms with Crippen LogP contribution in [-0.2, 0) is 11.3 Å². The van der Waals surface area contributed by atoms with E-state index >= 15 is 0 Å². The van der Waals surface area contributed by atoms with Crippen molar-refractivity contribution in [1.29, 1.82) is 0 Å². The molecule has 0 aliphatic heterocycles. The third-order valence-electron chi connectivity index (χ3n) is 2.23.